The fourth-order valence-corrected chi connectivity index (χ4v) is 1.68. The minimum Gasteiger partial charge on any atom is -0.399 e. The van der Waals surface area contributed by atoms with Gasteiger partial charge in [0, 0.05) is 17.1 Å². The molecule has 3 N–H and O–H groups in total. The standard InChI is InChI=1S/C11H18N2S/c1-9(2)7-8-13-14-11-5-3-10(12)4-6-11/h3-6,9,13H,7-8,12H2,1-2H3. The monoisotopic (exact) mass is 210 g/mol. The van der Waals surface area contributed by atoms with E-state index in [2.05, 4.69) is 18.6 Å². The lowest BCUT2D eigenvalue weighted by Crippen LogP contribution is -2.07. The van der Waals surface area contributed by atoms with Crippen LogP contribution in [0.2, 0.25) is 0 Å². The van der Waals surface area contributed by atoms with E-state index in [9.17, 15) is 0 Å². The first-order chi connectivity index (χ1) is 6.68. The van der Waals surface area contributed by atoms with Crippen LogP contribution in [0.25, 0.3) is 0 Å². The Kier molecular flexibility index (Phi) is 4.84. The number of benzene rings is 1. The zero-order valence-electron chi connectivity index (χ0n) is 8.79. The maximum absolute atomic E-state index is 5.59. The molecule has 0 amide bonds. The molecule has 0 heterocycles. The van der Waals surface area contributed by atoms with Gasteiger partial charge in [0.15, 0.2) is 0 Å². The highest BCUT2D eigenvalue weighted by molar-refractivity contribution is 7.97. The molecule has 0 bridgehead atoms. The van der Waals surface area contributed by atoms with Gasteiger partial charge in [0.25, 0.3) is 0 Å². The number of rotatable bonds is 5. The first-order valence-electron chi connectivity index (χ1n) is 4.93. The molecule has 1 rings (SSSR count). The summed E-state index contributed by atoms with van der Waals surface area (Å²) in [6.45, 7) is 5.51. The van der Waals surface area contributed by atoms with Crippen molar-refractivity contribution in [3.63, 3.8) is 0 Å². The first kappa shape index (κ1) is 11.4. The number of nitrogen functional groups attached to an aromatic ring is 1. The molecule has 0 radical (unpaired) electrons. The Balaban J connectivity index is 2.21. The topological polar surface area (TPSA) is 38.0 Å². The fourth-order valence-electron chi connectivity index (χ4n) is 1.02. The lowest BCUT2D eigenvalue weighted by atomic mass is 10.1. The van der Waals surface area contributed by atoms with Crippen LogP contribution in [0.5, 0.6) is 0 Å². The Morgan fingerprint density at radius 3 is 2.50 bits per heavy atom. The maximum atomic E-state index is 5.59. The van der Waals surface area contributed by atoms with Crippen molar-refractivity contribution in [1.29, 1.82) is 0 Å². The summed E-state index contributed by atoms with van der Waals surface area (Å²) in [5.41, 5.74) is 6.41. The van der Waals surface area contributed by atoms with E-state index in [1.807, 2.05) is 24.3 Å². The molecule has 78 valence electrons. The fraction of sp³-hybridized carbons (Fsp3) is 0.455. The van der Waals surface area contributed by atoms with E-state index in [1.165, 1.54) is 11.3 Å². The molecule has 0 saturated heterocycles. The molecule has 0 unspecified atom stereocenters. The van der Waals surface area contributed by atoms with Crippen LogP contribution >= 0.6 is 11.9 Å². The summed E-state index contributed by atoms with van der Waals surface area (Å²) >= 11 is 1.67. The average Bonchev–Trinajstić information content (AvgIpc) is 2.15. The summed E-state index contributed by atoms with van der Waals surface area (Å²) in [5.74, 6) is 0.759. The first-order valence-corrected chi connectivity index (χ1v) is 5.75. The van der Waals surface area contributed by atoms with Crippen molar-refractivity contribution in [3.05, 3.63) is 24.3 Å². The van der Waals surface area contributed by atoms with E-state index in [4.69, 9.17) is 5.73 Å². The number of anilines is 1. The van der Waals surface area contributed by atoms with Gasteiger partial charge in [-0.05, 0) is 48.6 Å². The zero-order valence-corrected chi connectivity index (χ0v) is 9.60. The third-order valence-electron chi connectivity index (χ3n) is 1.89. The summed E-state index contributed by atoms with van der Waals surface area (Å²) in [6, 6.07) is 7.91. The average molecular weight is 210 g/mol. The van der Waals surface area contributed by atoms with E-state index >= 15 is 0 Å². The number of nitrogens with one attached hydrogen (secondary N) is 1. The molecule has 14 heavy (non-hydrogen) atoms. The Morgan fingerprint density at radius 2 is 1.93 bits per heavy atom. The number of nitrogens with two attached hydrogens (primary N) is 1. The Hall–Kier alpha value is -0.670. The quantitative estimate of drug-likeness (QED) is 0.446. The molecule has 1 aromatic rings. The van der Waals surface area contributed by atoms with Crippen LogP contribution in [0.15, 0.2) is 29.2 Å². The van der Waals surface area contributed by atoms with Crippen LogP contribution in [-0.4, -0.2) is 6.54 Å². The minimum absolute atomic E-state index is 0.759. The Bertz CT molecular complexity index is 256. The van der Waals surface area contributed by atoms with Gasteiger partial charge >= 0.3 is 0 Å². The van der Waals surface area contributed by atoms with Crippen molar-refractivity contribution >= 4 is 17.6 Å². The van der Waals surface area contributed by atoms with Gasteiger partial charge in [0.05, 0.1) is 0 Å². The van der Waals surface area contributed by atoms with Gasteiger partial charge in [0.1, 0.15) is 0 Å². The highest BCUT2D eigenvalue weighted by Crippen LogP contribution is 2.16. The maximum Gasteiger partial charge on any atom is 0.0314 e. The van der Waals surface area contributed by atoms with Crippen LogP contribution in [-0.2, 0) is 0 Å². The van der Waals surface area contributed by atoms with Crippen molar-refractivity contribution in [3.8, 4) is 0 Å². The minimum atomic E-state index is 0.759. The zero-order chi connectivity index (χ0) is 10.4. The van der Waals surface area contributed by atoms with Crippen molar-refractivity contribution in [1.82, 2.24) is 4.72 Å². The SMILES string of the molecule is CC(C)CCNSc1ccc(N)cc1. The summed E-state index contributed by atoms with van der Waals surface area (Å²) in [5, 5.41) is 0. The molecule has 0 fully saturated rings. The Morgan fingerprint density at radius 1 is 1.29 bits per heavy atom. The molecule has 0 atom stereocenters. The van der Waals surface area contributed by atoms with Gasteiger partial charge in [0.2, 0.25) is 0 Å². The highest BCUT2D eigenvalue weighted by atomic mass is 32.2. The number of hydrogen-bond acceptors (Lipinski definition) is 3. The van der Waals surface area contributed by atoms with Gasteiger partial charge in [-0.25, -0.2) is 0 Å². The van der Waals surface area contributed by atoms with Crippen LogP contribution in [0.3, 0.4) is 0 Å². The largest absolute Gasteiger partial charge is 0.399 e. The molecule has 0 spiro atoms. The lowest BCUT2D eigenvalue weighted by Gasteiger charge is -2.06. The Labute approximate surface area is 90.4 Å². The lowest BCUT2D eigenvalue weighted by molar-refractivity contribution is 0.585. The molecular weight excluding hydrogens is 192 g/mol. The van der Waals surface area contributed by atoms with Gasteiger partial charge in [-0.15, -0.1) is 0 Å². The molecule has 1 aromatic carbocycles. The third-order valence-corrected chi connectivity index (χ3v) is 2.75. The van der Waals surface area contributed by atoms with E-state index in [-0.39, 0.29) is 0 Å². The van der Waals surface area contributed by atoms with Gasteiger partial charge in [-0.3, -0.25) is 4.72 Å². The summed E-state index contributed by atoms with van der Waals surface area (Å²) in [6.07, 6.45) is 1.21. The van der Waals surface area contributed by atoms with Gasteiger partial charge in [-0.2, -0.15) is 0 Å². The van der Waals surface area contributed by atoms with Crippen molar-refractivity contribution in [2.45, 2.75) is 25.2 Å². The predicted octanol–water partition coefficient (Wildman–Crippen LogP) is 2.91. The van der Waals surface area contributed by atoms with Crippen molar-refractivity contribution in [2.75, 3.05) is 12.3 Å². The molecule has 2 nitrogen and oxygen atoms in total. The van der Waals surface area contributed by atoms with Gasteiger partial charge < -0.3 is 5.73 Å². The molecule has 0 saturated carbocycles. The highest BCUT2D eigenvalue weighted by Gasteiger charge is 1.95. The van der Waals surface area contributed by atoms with Crippen LogP contribution < -0.4 is 10.5 Å². The molecule has 0 aliphatic heterocycles. The predicted molar refractivity (Wildman–Crippen MR) is 64.2 cm³/mol. The molecule has 0 aliphatic carbocycles. The summed E-state index contributed by atoms with van der Waals surface area (Å²) in [7, 11) is 0. The van der Waals surface area contributed by atoms with Gasteiger partial charge in [-0.1, -0.05) is 13.8 Å². The molecular formula is C11H18N2S. The smallest absolute Gasteiger partial charge is 0.0314 e. The van der Waals surface area contributed by atoms with Crippen LogP contribution in [0.4, 0.5) is 5.69 Å². The van der Waals surface area contributed by atoms with E-state index in [1.54, 1.807) is 11.9 Å². The van der Waals surface area contributed by atoms with Crippen molar-refractivity contribution < 1.29 is 0 Å². The van der Waals surface area contributed by atoms with E-state index in [0.717, 1.165) is 18.2 Å². The van der Waals surface area contributed by atoms with Crippen molar-refractivity contribution in [2.24, 2.45) is 5.92 Å². The van der Waals surface area contributed by atoms with E-state index in [0.29, 0.717) is 0 Å². The normalized spacial score (nSPS) is 10.8. The second kappa shape index (κ2) is 5.94. The molecule has 0 aromatic heterocycles. The second-order valence-corrected chi connectivity index (χ2v) is 4.71. The third kappa shape index (κ3) is 4.53. The van der Waals surface area contributed by atoms with Crippen LogP contribution in [0.1, 0.15) is 20.3 Å². The summed E-state index contributed by atoms with van der Waals surface area (Å²) in [4.78, 5) is 1.21. The molecule has 3 heteroatoms. The number of hydrogen-bond donors (Lipinski definition) is 2. The molecule has 0 aliphatic rings. The summed E-state index contributed by atoms with van der Waals surface area (Å²) < 4.78 is 3.33. The van der Waals surface area contributed by atoms with Crippen LogP contribution in [0, 0.1) is 5.92 Å². The second-order valence-electron chi connectivity index (χ2n) is 3.75. The van der Waals surface area contributed by atoms with E-state index < -0.39 is 0 Å².